The van der Waals surface area contributed by atoms with E-state index in [1.807, 2.05) is 0 Å². The maximum atomic E-state index is 12.5. The molecule has 1 amide bonds. The first-order valence-corrected chi connectivity index (χ1v) is 7.54. The van der Waals surface area contributed by atoms with Crippen LogP contribution >= 0.6 is 0 Å². The third-order valence-corrected chi connectivity index (χ3v) is 3.46. The van der Waals surface area contributed by atoms with Gasteiger partial charge in [0.2, 0.25) is 0 Å². The fourth-order valence-electron chi connectivity index (χ4n) is 2.08. The van der Waals surface area contributed by atoms with Crippen LogP contribution in [0.25, 0.3) is 0 Å². The van der Waals surface area contributed by atoms with E-state index in [0.717, 1.165) is 24.3 Å². The highest BCUT2D eigenvalue weighted by Crippen LogP contribution is 2.29. The van der Waals surface area contributed by atoms with E-state index in [0.29, 0.717) is 5.75 Å². The third-order valence-electron chi connectivity index (χ3n) is 3.46. The van der Waals surface area contributed by atoms with Gasteiger partial charge in [0.15, 0.2) is 6.10 Å². The van der Waals surface area contributed by atoms with Gasteiger partial charge in [-0.2, -0.15) is 13.2 Å². The van der Waals surface area contributed by atoms with Crippen molar-refractivity contribution in [3.05, 3.63) is 59.7 Å². The van der Waals surface area contributed by atoms with Crippen molar-refractivity contribution in [2.45, 2.75) is 19.2 Å². The van der Waals surface area contributed by atoms with Gasteiger partial charge in [0.1, 0.15) is 11.3 Å². The molecule has 2 rings (SSSR count). The van der Waals surface area contributed by atoms with Crippen molar-refractivity contribution in [2.75, 3.05) is 12.4 Å². The minimum absolute atomic E-state index is 0.156. The van der Waals surface area contributed by atoms with Crippen LogP contribution in [-0.4, -0.2) is 25.1 Å². The summed E-state index contributed by atoms with van der Waals surface area (Å²) >= 11 is 0. The van der Waals surface area contributed by atoms with Crippen LogP contribution in [0.1, 0.15) is 22.8 Å². The van der Waals surface area contributed by atoms with Crippen LogP contribution in [0.4, 0.5) is 18.9 Å². The number of carbonyl (C=O) groups is 2. The molecule has 0 aliphatic carbocycles. The number of para-hydroxylation sites is 1. The van der Waals surface area contributed by atoms with Crippen LogP contribution in [0.2, 0.25) is 0 Å². The maximum Gasteiger partial charge on any atom is 0.416 e. The standard InChI is InChI=1S/C18H16F3NO4/c1-11(26-17(24)14-5-3-4-6-15(14)25-2)16(23)22-13-9-7-12(8-10-13)18(19,20)21/h3-11H,1-2H3,(H,22,23)/t11-/m1/s1. The average Bonchev–Trinajstić information content (AvgIpc) is 2.61. The summed E-state index contributed by atoms with van der Waals surface area (Å²) in [6.45, 7) is 1.35. The molecular formula is C18H16F3NO4. The summed E-state index contributed by atoms with van der Waals surface area (Å²) < 4.78 is 47.7. The number of ether oxygens (including phenoxy) is 2. The van der Waals surface area contributed by atoms with Crippen LogP contribution in [0, 0.1) is 0 Å². The van der Waals surface area contributed by atoms with Crippen molar-refractivity contribution in [2.24, 2.45) is 0 Å². The monoisotopic (exact) mass is 367 g/mol. The first-order chi connectivity index (χ1) is 12.2. The lowest BCUT2D eigenvalue weighted by Crippen LogP contribution is -2.30. The fraction of sp³-hybridized carbons (Fsp3) is 0.222. The minimum atomic E-state index is -4.46. The molecule has 1 atom stereocenters. The first-order valence-electron chi connectivity index (χ1n) is 7.54. The lowest BCUT2D eigenvalue weighted by atomic mass is 10.2. The molecule has 0 heterocycles. The zero-order valence-electron chi connectivity index (χ0n) is 14.0. The molecule has 2 aromatic rings. The molecule has 0 saturated heterocycles. The zero-order valence-corrected chi connectivity index (χ0v) is 14.0. The van der Waals surface area contributed by atoms with Crippen LogP contribution in [0.15, 0.2) is 48.5 Å². The number of amides is 1. The summed E-state index contributed by atoms with van der Waals surface area (Å²) in [5, 5.41) is 2.39. The molecule has 0 unspecified atom stereocenters. The Morgan fingerprint density at radius 2 is 1.65 bits per heavy atom. The Kier molecular flexibility index (Phi) is 5.86. The molecule has 0 bridgehead atoms. The number of esters is 1. The van der Waals surface area contributed by atoms with E-state index in [9.17, 15) is 22.8 Å². The second-order valence-corrected chi connectivity index (χ2v) is 5.31. The quantitative estimate of drug-likeness (QED) is 0.814. The lowest BCUT2D eigenvalue weighted by Gasteiger charge is -2.15. The van der Waals surface area contributed by atoms with E-state index in [4.69, 9.17) is 9.47 Å². The number of benzene rings is 2. The fourth-order valence-corrected chi connectivity index (χ4v) is 2.08. The normalized spacial score (nSPS) is 12.2. The van der Waals surface area contributed by atoms with Gasteiger partial charge in [0, 0.05) is 5.69 Å². The van der Waals surface area contributed by atoms with Crippen LogP contribution in [0.5, 0.6) is 5.75 Å². The Morgan fingerprint density at radius 3 is 2.23 bits per heavy atom. The van der Waals surface area contributed by atoms with Crippen LogP contribution in [0.3, 0.4) is 0 Å². The molecule has 0 fully saturated rings. The molecule has 138 valence electrons. The number of rotatable bonds is 5. The van der Waals surface area contributed by atoms with E-state index in [1.54, 1.807) is 18.2 Å². The van der Waals surface area contributed by atoms with E-state index in [-0.39, 0.29) is 11.3 Å². The maximum absolute atomic E-state index is 12.5. The Labute approximate surface area is 147 Å². The molecule has 0 radical (unpaired) electrons. The number of nitrogens with one attached hydrogen (secondary N) is 1. The Balaban J connectivity index is 2.00. The smallest absolute Gasteiger partial charge is 0.416 e. The van der Waals surface area contributed by atoms with Crippen molar-refractivity contribution < 1.29 is 32.2 Å². The predicted octanol–water partition coefficient (Wildman–Crippen LogP) is 3.90. The van der Waals surface area contributed by atoms with Crippen molar-refractivity contribution in [1.29, 1.82) is 0 Å². The zero-order chi connectivity index (χ0) is 19.3. The summed E-state index contributed by atoms with van der Waals surface area (Å²) in [7, 11) is 1.40. The summed E-state index contributed by atoms with van der Waals surface area (Å²) in [5.74, 6) is -1.13. The van der Waals surface area contributed by atoms with Crippen molar-refractivity contribution in [1.82, 2.24) is 0 Å². The third kappa shape index (κ3) is 4.75. The first kappa shape index (κ1) is 19.3. The van der Waals surface area contributed by atoms with Gasteiger partial charge in [-0.25, -0.2) is 4.79 Å². The largest absolute Gasteiger partial charge is 0.496 e. The SMILES string of the molecule is COc1ccccc1C(=O)O[C@H](C)C(=O)Nc1ccc(C(F)(F)F)cc1. The van der Waals surface area contributed by atoms with E-state index >= 15 is 0 Å². The predicted molar refractivity (Wildman–Crippen MR) is 87.9 cm³/mol. The van der Waals surface area contributed by atoms with E-state index < -0.39 is 29.7 Å². The molecule has 5 nitrogen and oxygen atoms in total. The molecule has 0 aliphatic heterocycles. The van der Waals surface area contributed by atoms with Gasteiger partial charge in [-0.3, -0.25) is 4.79 Å². The number of alkyl halides is 3. The Hall–Kier alpha value is -3.03. The number of carbonyl (C=O) groups excluding carboxylic acids is 2. The van der Waals surface area contributed by atoms with Crippen molar-refractivity contribution in [3.63, 3.8) is 0 Å². The molecule has 26 heavy (non-hydrogen) atoms. The Morgan fingerprint density at radius 1 is 1.04 bits per heavy atom. The van der Waals surface area contributed by atoms with E-state index in [1.165, 1.54) is 20.1 Å². The number of halogens is 3. The molecule has 2 aromatic carbocycles. The highest BCUT2D eigenvalue weighted by atomic mass is 19.4. The van der Waals surface area contributed by atoms with Gasteiger partial charge < -0.3 is 14.8 Å². The summed E-state index contributed by atoms with van der Waals surface area (Å²) in [5.41, 5.74) is -0.515. The molecule has 8 heteroatoms. The van der Waals surface area contributed by atoms with Gasteiger partial charge in [0.05, 0.1) is 12.7 Å². The number of anilines is 1. The number of hydrogen-bond acceptors (Lipinski definition) is 4. The van der Waals surface area contributed by atoms with Crippen LogP contribution < -0.4 is 10.1 Å². The minimum Gasteiger partial charge on any atom is -0.496 e. The molecule has 1 N–H and O–H groups in total. The van der Waals surface area contributed by atoms with E-state index in [2.05, 4.69) is 5.32 Å². The summed E-state index contributed by atoms with van der Waals surface area (Å²) in [6.07, 6.45) is -5.62. The molecule has 0 aromatic heterocycles. The summed E-state index contributed by atoms with van der Waals surface area (Å²) in [4.78, 5) is 24.2. The van der Waals surface area contributed by atoms with Gasteiger partial charge in [-0.15, -0.1) is 0 Å². The lowest BCUT2D eigenvalue weighted by molar-refractivity contribution is -0.137. The van der Waals surface area contributed by atoms with Crippen LogP contribution in [-0.2, 0) is 15.7 Å². The van der Waals surface area contributed by atoms with Gasteiger partial charge in [0.25, 0.3) is 5.91 Å². The number of methoxy groups -OCH3 is 1. The van der Waals surface area contributed by atoms with Gasteiger partial charge in [-0.05, 0) is 43.3 Å². The molecule has 0 aliphatic rings. The molecule has 0 saturated carbocycles. The Bertz CT molecular complexity index is 788. The topological polar surface area (TPSA) is 64.6 Å². The van der Waals surface area contributed by atoms with Gasteiger partial charge >= 0.3 is 12.1 Å². The van der Waals surface area contributed by atoms with Crippen molar-refractivity contribution >= 4 is 17.6 Å². The van der Waals surface area contributed by atoms with Gasteiger partial charge in [-0.1, -0.05) is 12.1 Å². The average molecular weight is 367 g/mol. The second kappa shape index (κ2) is 7.90. The molecular weight excluding hydrogens is 351 g/mol. The highest BCUT2D eigenvalue weighted by molar-refractivity contribution is 5.98. The second-order valence-electron chi connectivity index (χ2n) is 5.31. The van der Waals surface area contributed by atoms with Crippen molar-refractivity contribution in [3.8, 4) is 5.75 Å². The number of hydrogen-bond donors (Lipinski definition) is 1. The highest BCUT2D eigenvalue weighted by Gasteiger charge is 2.30. The molecule has 0 spiro atoms. The summed E-state index contributed by atoms with van der Waals surface area (Å²) in [6, 6.07) is 10.3.